The lowest BCUT2D eigenvalue weighted by atomic mass is 10.1. The summed E-state index contributed by atoms with van der Waals surface area (Å²) in [5.74, 6) is 0.386. The van der Waals surface area contributed by atoms with Crippen LogP contribution in [0.25, 0.3) is 0 Å². The summed E-state index contributed by atoms with van der Waals surface area (Å²) in [6, 6.07) is 1.47. The number of aromatic nitrogens is 1. The van der Waals surface area contributed by atoms with E-state index in [1.165, 1.54) is 0 Å². The topological polar surface area (TPSA) is 79.5 Å². The van der Waals surface area contributed by atoms with Crippen LogP contribution in [0.3, 0.4) is 0 Å². The van der Waals surface area contributed by atoms with Crippen LogP contribution in [-0.2, 0) is 0 Å². The first-order chi connectivity index (χ1) is 9.13. The maximum Gasteiger partial charge on any atom is 0.311 e. The summed E-state index contributed by atoms with van der Waals surface area (Å²) < 4.78 is 0. The zero-order chi connectivity index (χ0) is 13.8. The number of nitro groups is 1. The molecule has 0 amide bonds. The van der Waals surface area contributed by atoms with Crippen molar-refractivity contribution in [3.8, 4) is 0 Å². The minimum Gasteiger partial charge on any atom is -0.394 e. The van der Waals surface area contributed by atoms with Crippen molar-refractivity contribution >= 4 is 11.5 Å². The smallest absolute Gasteiger partial charge is 0.311 e. The fourth-order valence-corrected chi connectivity index (χ4v) is 2.55. The molecule has 1 aromatic rings. The van der Waals surface area contributed by atoms with Crippen LogP contribution in [0.1, 0.15) is 31.2 Å². The summed E-state index contributed by atoms with van der Waals surface area (Å²) in [6.45, 7) is 2.50. The van der Waals surface area contributed by atoms with Crippen molar-refractivity contribution in [3.05, 3.63) is 27.9 Å². The molecular formula is C13H19N3O3. The van der Waals surface area contributed by atoms with E-state index in [0.29, 0.717) is 12.4 Å². The summed E-state index contributed by atoms with van der Waals surface area (Å²) in [5, 5.41) is 20.7. The van der Waals surface area contributed by atoms with Crippen LogP contribution < -0.4 is 4.90 Å². The van der Waals surface area contributed by atoms with Gasteiger partial charge in [-0.25, -0.2) is 4.98 Å². The van der Waals surface area contributed by atoms with Crippen molar-refractivity contribution in [2.75, 3.05) is 18.1 Å². The fourth-order valence-electron chi connectivity index (χ4n) is 2.55. The molecule has 0 saturated carbocycles. The lowest BCUT2D eigenvalue weighted by molar-refractivity contribution is -0.384. The highest BCUT2D eigenvalue weighted by Crippen LogP contribution is 2.30. The summed E-state index contributed by atoms with van der Waals surface area (Å²) in [4.78, 5) is 16.9. The number of hydrogen-bond donors (Lipinski definition) is 1. The van der Waals surface area contributed by atoms with Crippen molar-refractivity contribution < 1.29 is 10.0 Å². The molecule has 1 saturated heterocycles. The number of aliphatic hydroxyl groups excluding tert-OH is 1. The third kappa shape index (κ3) is 3.01. The first-order valence-electron chi connectivity index (χ1n) is 6.62. The zero-order valence-corrected chi connectivity index (χ0v) is 11.1. The Morgan fingerprint density at radius 1 is 1.53 bits per heavy atom. The van der Waals surface area contributed by atoms with Crippen LogP contribution in [0, 0.1) is 17.0 Å². The largest absolute Gasteiger partial charge is 0.394 e. The Balaban J connectivity index is 2.40. The minimum absolute atomic E-state index is 0.00666. The van der Waals surface area contributed by atoms with Crippen molar-refractivity contribution in [1.29, 1.82) is 0 Å². The Hall–Kier alpha value is -1.69. The second kappa shape index (κ2) is 5.97. The highest BCUT2D eigenvalue weighted by atomic mass is 16.6. The third-order valence-corrected chi connectivity index (χ3v) is 3.54. The van der Waals surface area contributed by atoms with Gasteiger partial charge < -0.3 is 10.0 Å². The van der Waals surface area contributed by atoms with Crippen LogP contribution in [0.15, 0.2) is 12.3 Å². The van der Waals surface area contributed by atoms with E-state index in [1.807, 2.05) is 4.90 Å². The number of nitrogens with zero attached hydrogens (tertiary/aromatic N) is 3. The first-order valence-corrected chi connectivity index (χ1v) is 6.62. The maximum absolute atomic E-state index is 11.2. The highest BCUT2D eigenvalue weighted by molar-refractivity contribution is 5.59. The quantitative estimate of drug-likeness (QED) is 0.668. The molecule has 0 radical (unpaired) electrons. The van der Waals surface area contributed by atoms with Gasteiger partial charge in [0.05, 0.1) is 17.6 Å². The van der Waals surface area contributed by atoms with Gasteiger partial charge in [0.2, 0.25) is 5.82 Å². The van der Waals surface area contributed by atoms with Gasteiger partial charge in [-0.15, -0.1) is 0 Å². The minimum atomic E-state index is -0.394. The van der Waals surface area contributed by atoms with Gasteiger partial charge >= 0.3 is 5.69 Å². The van der Waals surface area contributed by atoms with Crippen molar-refractivity contribution in [2.24, 2.45) is 0 Å². The molecule has 19 heavy (non-hydrogen) atoms. The molecule has 2 rings (SSSR count). The molecule has 6 heteroatoms. The number of rotatable bonds is 3. The molecule has 1 unspecified atom stereocenters. The van der Waals surface area contributed by atoms with Gasteiger partial charge in [0, 0.05) is 18.8 Å². The molecule has 1 fully saturated rings. The van der Waals surface area contributed by atoms with Gasteiger partial charge in [0.15, 0.2) is 0 Å². The predicted octanol–water partition coefficient (Wildman–Crippen LogP) is 2.04. The van der Waals surface area contributed by atoms with Crippen molar-refractivity contribution in [1.82, 2.24) is 4.98 Å². The molecule has 0 spiro atoms. The standard InChI is InChI=1S/C13H19N3O3/c1-10-7-12(16(18)19)13(14-8-10)15-6-4-2-3-5-11(15)9-17/h7-8,11,17H,2-6,9H2,1H3. The lowest BCUT2D eigenvalue weighted by Gasteiger charge is -2.29. The molecular weight excluding hydrogens is 246 g/mol. The van der Waals surface area contributed by atoms with E-state index in [0.717, 1.165) is 31.2 Å². The summed E-state index contributed by atoms with van der Waals surface area (Å²) >= 11 is 0. The van der Waals surface area contributed by atoms with Crippen LogP contribution in [0.2, 0.25) is 0 Å². The van der Waals surface area contributed by atoms with Gasteiger partial charge in [0.1, 0.15) is 0 Å². The Labute approximate surface area is 112 Å². The number of anilines is 1. The van der Waals surface area contributed by atoms with Gasteiger partial charge in [-0.1, -0.05) is 12.8 Å². The van der Waals surface area contributed by atoms with Crippen LogP contribution in [0.5, 0.6) is 0 Å². The fraction of sp³-hybridized carbons (Fsp3) is 0.615. The predicted molar refractivity (Wildman–Crippen MR) is 72.3 cm³/mol. The Kier molecular flexibility index (Phi) is 4.31. The first kappa shape index (κ1) is 13.7. The number of pyridine rings is 1. The molecule has 1 N–H and O–H groups in total. The summed E-state index contributed by atoms with van der Waals surface area (Å²) in [7, 11) is 0. The molecule has 2 heterocycles. The van der Waals surface area contributed by atoms with E-state index < -0.39 is 4.92 Å². The molecule has 0 aliphatic carbocycles. The lowest BCUT2D eigenvalue weighted by Crippen LogP contribution is -2.38. The van der Waals surface area contributed by atoms with Gasteiger partial charge in [0.25, 0.3) is 0 Å². The molecule has 1 atom stereocenters. The average Bonchev–Trinajstić information content (AvgIpc) is 2.63. The van der Waals surface area contributed by atoms with E-state index in [-0.39, 0.29) is 18.3 Å². The van der Waals surface area contributed by atoms with E-state index in [9.17, 15) is 15.2 Å². The molecule has 104 valence electrons. The van der Waals surface area contributed by atoms with Crippen molar-refractivity contribution in [3.63, 3.8) is 0 Å². The van der Waals surface area contributed by atoms with Crippen LogP contribution >= 0.6 is 0 Å². The second-order valence-corrected chi connectivity index (χ2v) is 4.99. The summed E-state index contributed by atoms with van der Waals surface area (Å²) in [5.41, 5.74) is 0.797. The van der Waals surface area contributed by atoms with Gasteiger partial charge in [-0.2, -0.15) is 0 Å². The van der Waals surface area contributed by atoms with E-state index in [2.05, 4.69) is 4.98 Å². The van der Waals surface area contributed by atoms with E-state index >= 15 is 0 Å². The Bertz CT molecular complexity index is 464. The van der Waals surface area contributed by atoms with E-state index in [4.69, 9.17) is 0 Å². The molecule has 1 aliphatic rings. The van der Waals surface area contributed by atoms with Crippen LogP contribution in [-0.4, -0.2) is 34.2 Å². The average molecular weight is 265 g/mol. The third-order valence-electron chi connectivity index (χ3n) is 3.54. The van der Waals surface area contributed by atoms with E-state index in [1.54, 1.807) is 19.2 Å². The van der Waals surface area contributed by atoms with Gasteiger partial charge in [-0.05, 0) is 25.3 Å². The molecule has 1 aliphatic heterocycles. The summed E-state index contributed by atoms with van der Waals surface area (Å²) in [6.07, 6.45) is 5.60. The van der Waals surface area contributed by atoms with Crippen LogP contribution in [0.4, 0.5) is 11.5 Å². The molecule has 0 aromatic carbocycles. The Morgan fingerprint density at radius 2 is 2.32 bits per heavy atom. The maximum atomic E-state index is 11.2. The zero-order valence-electron chi connectivity index (χ0n) is 11.1. The number of aryl methyl sites for hydroxylation is 1. The SMILES string of the molecule is Cc1cnc(N2CCCCCC2CO)c([N+](=O)[O-])c1. The molecule has 1 aromatic heterocycles. The normalized spacial score (nSPS) is 20.1. The Morgan fingerprint density at radius 3 is 3.00 bits per heavy atom. The molecule has 6 nitrogen and oxygen atoms in total. The highest BCUT2D eigenvalue weighted by Gasteiger charge is 2.28. The molecule has 0 bridgehead atoms. The second-order valence-electron chi connectivity index (χ2n) is 4.99. The van der Waals surface area contributed by atoms with Gasteiger partial charge in [-0.3, -0.25) is 10.1 Å². The number of hydrogen-bond acceptors (Lipinski definition) is 5. The van der Waals surface area contributed by atoms with Crippen molar-refractivity contribution in [2.45, 2.75) is 38.6 Å². The monoisotopic (exact) mass is 265 g/mol. The number of aliphatic hydroxyl groups is 1.